The van der Waals surface area contributed by atoms with Crippen LogP contribution in [0.3, 0.4) is 0 Å². The summed E-state index contributed by atoms with van der Waals surface area (Å²) in [6.45, 7) is 11.7. The molecule has 0 spiro atoms. The quantitative estimate of drug-likeness (QED) is 0.873. The molecular formula is C16H28N2OS. The van der Waals surface area contributed by atoms with E-state index >= 15 is 0 Å². The fraction of sp³-hybridized carbons (Fsp3) is 0.688. The molecule has 0 saturated carbocycles. The van der Waals surface area contributed by atoms with E-state index in [1.165, 1.54) is 4.88 Å². The third-order valence-electron chi connectivity index (χ3n) is 3.31. The second kappa shape index (κ2) is 7.23. The maximum Gasteiger partial charge on any atom is 0.227 e. The molecule has 1 atom stereocenters. The highest BCUT2D eigenvalue weighted by atomic mass is 32.1. The zero-order valence-electron chi connectivity index (χ0n) is 13.3. The van der Waals surface area contributed by atoms with Crippen LogP contribution in [0.25, 0.3) is 0 Å². The Morgan fingerprint density at radius 3 is 2.45 bits per heavy atom. The van der Waals surface area contributed by atoms with Crippen molar-refractivity contribution in [2.24, 2.45) is 17.1 Å². The van der Waals surface area contributed by atoms with E-state index in [9.17, 15) is 4.79 Å². The van der Waals surface area contributed by atoms with Gasteiger partial charge in [0, 0.05) is 17.5 Å². The van der Waals surface area contributed by atoms with Crippen LogP contribution in [0.15, 0.2) is 17.5 Å². The summed E-state index contributed by atoms with van der Waals surface area (Å²) in [5.74, 6) is 0.100. The van der Waals surface area contributed by atoms with E-state index in [1.807, 2.05) is 16.3 Å². The Labute approximate surface area is 127 Å². The van der Waals surface area contributed by atoms with Gasteiger partial charge in [-0.2, -0.15) is 0 Å². The Hall–Kier alpha value is -0.870. The molecule has 1 heterocycles. The number of hydrogen-bond acceptors (Lipinski definition) is 3. The molecule has 0 radical (unpaired) electrons. The van der Waals surface area contributed by atoms with Crippen molar-refractivity contribution in [3.8, 4) is 0 Å². The zero-order valence-corrected chi connectivity index (χ0v) is 14.2. The monoisotopic (exact) mass is 296 g/mol. The summed E-state index contributed by atoms with van der Waals surface area (Å²) >= 11 is 1.69. The van der Waals surface area contributed by atoms with Crippen molar-refractivity contribution in [2.75, 3.05) is 6.54 Å². The normalized spacial score (nSPS) is 13.6. The first kappa shape index (κ1) is 17.2. The summed E-state index contributed by atoms with van der Waals surface area (Å²) in [6, 6.07) is 4.30. The fourth-order valence-corrected chi connectivity index (χ4v) is 3.03. The number of hydrogen-bond donors (Lipinski definition) is 1. The number of nitrogens with zero attached hydrogens (tertiary/aromatic N) is 1. The van der Waals surface area contributed by atoms with E-state index in [0.717, 1.165) is 6.42 Å². The van der Waals surface area contributed by atoms with Crippen molar-refractivity contribution < 1.29 is 4.79 Å². The first-order valence-electron chi connectivity index (χ1n) is 7.27. The molecule has 20 heavy (non-hydrogen) atoms. The largest absolute Gasteiger partial charge is 0.335 e. The van der Waals surface area contributed by atoms with E-state index in [0.29, 0.717) is 13.1 Å². The smallest absolute Gasteiger partial charge is 0.227 e. The van der Waals surface area contributed by atoms with Gasteiger partial charge in [-0.15, -0.1) is 11.3 Å². The molecule has 114 valence electrons. The number of carbonyl (C=O) groups is 1. The topological polar surface area (TPSA) is 46.3 Å². The Morgan fingerprint density at radius 2 is 2.05 bits per heavy atom. The highest BCUT2D eigenvalue weighted by molar-refractivity contribution is 7.09. The first-order chi connectivity index (χ1) is 9.24. The van der Waals surface area contributed by atoms with Crippen molar-refractivity contribution in [1.82, 2.24) is 4.90 Å². The summed E-state index contributed by atoms with van der Waals surface area (Å²) < 4.78 is 0. The van der Waals surface area contributed by atoms with Crippen LogP contribution < -0.4 is 5.73 Å². The SMILES string of the molecule is CC(C)N(Cc1cccs1)C(=O)C(CN)CC(C)(C)C. The van der Waals surface area contributed by atoms with Crippen LogP contribution in [-0.4, -0.2) is 23.4 Å². The molecule has 0 saturated heterocycles. The summed E-state index contributed by atoms with van der Waals surface area (Å²) in [7, 11) is 0. The summed E-state index contributed by atoms with van der Waals surface area (Å²) in [6.07, 6.45) is 0.829. The molecule has 1 amide bonds. The molecule has 0 aliphatic rings. The second-order valence-corrected chi connectivity index (χ2v) is 7.87. The van der Waals surface area contributed by atoms with Gasteiger partial charge in [-0.3, -0.25) is 4.79 Å². The van der Waals surface area contributed by atoms with Crippen LogP contribution in [-0.2, 0) is 11.3 Å². The lowest BCUT2D eigenvalue weighted by Crippen LogP contribution is -2.43. The van der Waals surface area contributed by atoms with Crippen LogP contribution in [0, 0.1) is 11.3 Å². The second-order valence-electron chi connectivity index (χ2n) is 6.84. The van der Waals surface area contributed by atoms with E-state index in [-0.39, 0.29) is 23.3 Å². The van der Waals surface area contributed by atoms with Crippen LogP contribution in [0.1, 0.15) is 45.9 Å². The van der Waals surface area contributed by atoms with Gasteiger partial charge < -0.3 is 10.6 Å². The molecule has 1 unspecified atom stereocenters. The van der Waals surface area contributed by atoms with Gasteiger partial charge in [-0.05, 0) is 37.1 Å². The Balaban J connectivity index is 2.81. The molecule has 2 N–H and O–H groups in total. The lowest BCUT2D eigenvalue weighted by atomic mass is 9.84. The van der Waals surface area contributed by atoms with Gasteiger partial charge in [0.25, 0.3) is 0 Å². The third-order valence-corrected chi connectivity index (χ3v) is 4.17. The van der Waals surface area contributed by atoms with Crippen LogP contribution in [0.4, 0.5) is 0 Å². The summed E-state index contributed by atoms with van der Waals surface area (Å²) in [5.41, 5.74) is 5.96. The van der Waals surface area contributed by atoms with Gasteiger partial charge in [0.15, 0.2) is 0 Å². The number of thiophene rings is 1. The number of rotatable bonds is 6. The Bertz CT molecular complexity index is 407. The van der Waals surface area contributed by atoms with Crippen molar-refractivity contribution >= 4 is 17.2 Å². The average Bonchev–Trinajstić information content (AvgIpc) is 2.83. The molecule has 1 rings (SSSR count). The predicted molar refractivity (Wildman–Crippen MR) is 86.6 cm³/mol. The maximum atomic E-state index is 12.8. The molecule has 1 aromatic heterocycles. The minimum atomic E-state index is -0.0858. The van der Waals surface area contributed by atoms with Crippen molar-refractivity contribution in [3.63, 3.8) is 0 Å². The van der Waals surface area contributed by atoms with Gasteiger partial charge >= 0.3 is 0 Å². The minimum absolute atomic E-state index is 0.0858. The van der Waals surface area contributed by atoms with Crippen molar-refractivity contribution in [1.29, 1.82) is 0 Å². The standard InChI is InChI=1S/C16H28N2OS/c1-12(2)18(11-14-7-6-8-20-14)15(19)13(10-17)9-16(3,4)5/h6-8,12-13H,9-11,17H2,1-5H3. The summed E-state index contributed by atoms with van der Waals surface area (Å²) in [4.78, 5) is 15.9. The first-order valence-corrected chi connectivity index (χ1v) is 8.15. The fourth-order valence-electron chi connectivity index (χ4n) is 2.33. The van der Waals surface area contributed by atoms with E-state index in [4.69, 9.17) is 5.73 Å². The average molecular weight is 296 g/mol. The molecule has 0 aromatic carbocycles. The van der Waals surface area contributed by atoms with Crippen molar-refractivity contribution in [2.45, 2.75) is 53.6 Å². The predicted octanol–water partition coefficient (Wildman–Crippen LogP) is 3.50. The lowest BCUT2D eigenvalue weighted by molar-refractivity contribution is -0.138. The Morgan fingerprint density at radius 1 is 1.40 bits per heavy atom. The van der Waals surface area contributed by atoms with Gasteiger partial charge in [0.2, 0.25) is 5.91 Å². The van der Waals surface area contributed by atoms with Gasteiger partial charge in [0.05, 0.1) is 12.5 Å². The highest BCUT2D eigenvalue weighted by Gasteiger charge is 2.29. The van der Waals surface area contributed by atoms with Crippen LogP contribution in [0.5, 0.6) is 0 Å². The molecule has 4 heteroatoms. The van der Waals surface area contributed by atoms with Gasteiger partial charge in [-0.1, -0.05) is 26.8 Å². The lowest BCUT2D eigenvalue weighted by Gasteiger charge is -2.32. The van der Waals surface area contributed by atoms with Crippen molar-refractivity contribution in [3.05, 3.63) is 22.4 Å². The zero-order chi connectivity index (χ0) is 15.3. The molecule has 0 fully saturated rings. The van der Waals surface area contributed by atoms with Crippen LogP contribution in [0.2, 0.25) is 0 Å². The molecule has 0 bridgehead atoms. The minimum Gasteiger partial charge on any atom is -0.335 e. The number of nitrogens with two attached hydrogens (primary N) is 1. The van der Waals surface area contributed by atoms with E-state index in [2.05, 4.69) is 40.7 Å². The number of carbonyl (C=O) groups excluding carboxylic acids is 1. The van der Waals surface area contributed by atoms with E-state index in [1.54, 1.807) is 11.3 Å². The summed E-state index contributed by atoms with van der Waals surface area (Å²) in [5, 5.41) is 2.05. The molecular weight excluding hydrogens is 268 g/mol. The van der Waals surface area contributed by atoms with Gasteiger partial charge in [-0.25, -0.2) is 0 Å². The molecule has 3 nitrogen and oxygen atoms in total. The Kier molecular flexibility index (Phi) is 6.21. The molecule has 0 aliphatic heterocycles. The maximum absolute atomic E-state index is 12.8. The molecule has 0 aliphatic carbocycles. The van der Waals surface area contributed by atoms with Gasteiger partial charge in [0.1, 0.15) is 0 Å². The third kappa shape index (κ3) is 5.25. The molecule has 1 aromatic rings. The van der Waals surface area contributed by atoms with Crippen LogP contribution >= 0.6 is 11.3 Å². The number of amides is 1. The van der Waals surface area contributed by atoms with E-state index < -0.39 is 0 Å². The highest BCUT2D eigenvalue weighted by Crippen LogP contribution is 2.26.